The van der Waals surface area contributed by atoms with E-state index < -0.39 is 5.82 Å². The van der Waals surface area contributed by atoms with Gasteiger partial charge in [0.15, 0.2) is 11.6 Å². The molecule has 0 aliphatic rings. The van der Waals surface area contributed by atoms with E-state index in [0.717, 1.165) is 5.56 Å². The van der Waals surface area contributed by atoms with Gasteiger partial charge in [0, 0.05) is 5.92 Å². The summed E-state index contributed by atoms with van der Waals surface area (Å²) in [5.41, 5.74) is 0.817. The van der Waals surface area contributed by atoms with Gasteiger partial charge in [0.2, 0.25) is 6.08 Å². The molecule has 1 aromatic carbocycles. The second kappa shape index (κ2) is 6.16. The number of rotatable bonds is 5. The molecule has 0 bridgehead atoms. The molecule has 0 saturated heterocycles. The van der Waals surface area contributed by atoms with Crippen LogP contribution in [-0.4, -0.2) is 19.7 Å². The van der Waals surface area contributed by atoms with Crippen LogP contribution in [0.5, 0.6) is 5.75 Å². The van der Waals surface area contributed by atoms with Crippen LogP contribution >= 0.6 is 0 Å². The molecule has 0 N–H and O–H groups in total. The van der Waals surface area contributed by atoms with Gasteiger partial charge in [-0.1, -0.05) is 19.9 Å². The van der Waals surface area contributed by atoms with Gasteiger partial charge in [0.25, 0.3) is 0 Å². The molecule has 0 aromatic heterocycles. The van der Waals surface area contributed by atoms with Crippen molar-refractivity contribution < 1.29 is 13.9 Å². The van der Waals surface area contributed by atoms with Crippen LogP contribution < -0.4 is 4.74 Å². The fourth-order valence-electron chi connectivity index (χ4n) is 1.75. The van der Waals surface area contributed by atoms with Crippen molar-refractivity contribution in [1.29, 1.82) is 0 Å². The average Bonchev–Trinajstić information content (AvgIpc) is 2.29. The zero-order valence-corrected chi connectivity index (χ0v) is 10.2. The van der Waals surface area contributed by atoms with Crippen LogP contribution in [0.4, 0.5) is 4.39 Å². The Morgan fingerprint density at radius 3 is 2.65 bits per heavy atom. The maximum atomic E-state index is 13.6. The van der Waals surface area contributed by atoms with E-state index in [9.17, 15) is 9.18 Å². The topological polar surface area (TPSA) is 38.7 Å². The van der Waals surface area contributed by atoms with Crippen molar-refractivity contribution in [3.63, 3.8) is 0 Å². The van der Waals surface area contributed by atoms with E-state index in [-0.39, 0.29) is 17.6 Å². The third-order valence-corrected chi connectivity index (χ3v) is 2.76. The lowest BCUT2D eigenvalue weighted by Gasteiger charge is -2.19. The lowest BCUT2D eigenvalue weighted by Crippen LogP contribution is -2.10. The van der Waals surface area contributed by atoms with Gasteiger partial charge in [-0.2, -0.15) is 0 Å². The zero-order valence-electron chi connectivity index (χ0n) is 10.2. The summed E-state index contributed by atoms with van der Waals surface area (Å²) in [4.78, 5) is 13.7. The predicted octanol–water partition coefficient (Wildman–Crippen LogP) is 2.91. The molecule has 1 unspecified atom stereocenters. The Hall–Kier alpha value is -1.67. The van der Waals surface area contributed by atoms with Crippen LogP contribution in [-0.2, 0) is 4.79 Å². The number of ether oxygens (including phenoxy) is 1. The maximum absolute atomic E-state index is 13.6. The lowest BCUT2D eigenvalue weighted by molar-refractivity contribution is 0.385. The van der Waals surface area contributed by atoms with E-state index in [1.165, 1.54) is 19.3 Å². The first-order valence-electron chi connectivity index (χ1n) is 5.47. The maximum Gasteiger partial charge on any atom is 0.234 e. The van der Waals surface area contributed by atoms with E-state index in [2.05, 4.69) is 4.99 Å². The van der Waals surface area contributed by atoms with Gasteiger partial charge in [-0.25, -0.2) is 14.2 Å². The molecule has 0 saturated carbocycles. The van der Waals surface area contributed by atoms with Gasteiger partial charge in [-0.3, -0.25) is 0 Å². The number of carbonyl (C=O) groups excluding carboxylic acids is 1. The molecule has 1 rings (SSSR count). The average molecular weight is 237 g/mol. The summed E-state index contributed by atoms with van der Waals surface area (Å²) in [7, 11) is 1.43. The summed E-state index contributed by atoms with van der Waals surface area (Å²) in [6.45, 7) is 4.34. The monoisotopic (exact) mass is 237 g/mol. The fourth-order valence-corrected chi connectivity index (χ4v) is 1.75. The molecule has 0 spiro atoms. The van der Waals surface area contributed by atoms with E-state index in [1.807, 2.05) is 13.8 Å². The van der Waals surface area contributed by atoms with Crippen molar-refractivity contribution >= 4 is 6.08 Å². The summed E-state index contributed by atoms with van der Waals surface area (Å²) in [5, 5.41) is 0. The van der Waals surface area contributed by atoms with Crippen molar-refractivity contribution in [3.8, 4) is 5.75 Å². The Morgan fingerprint density at radius 1 is 1.47 bits per heavy atom. The highest BCUT2D eigenvalue weighted by Crippen LogP contribution is 2.28. The van der Waals surface area contributed by atoms with Crippen LogP contribution in [0.25, 0.3) is 0 Å². The van der Waals surface area contributed by atoms with E-state index in [4.69, 9.17) is 4.74 Å². The number of nitrogens with zero attached hydrogens (tertiary/aromatic N) is 1. The number of methoxy groups -OCH3 is 1. The summed E-state index contributed by atoms with van der Waals surface area (Å²) in [6.07, 6.45) is 1.52. The zero-order chi connectivity index (χ0) is 12.8. The van der Waals surface area contributed by atoms with Crippen molar-refractivity contribution in [2.24, 2.45) is 10.9 Å². The number of aliphatic imine (C=N–C) groups is 1. The number of hydrogen-bond donors (Lipinski definition) is 0. The quantitative estimate of drug-likeness (QED) is 0.583. The highest BCUT2D eigenvalue weighted by Gasteiger charge is 2.17. The first kappa shape index (κ1) is 13.4. The third-order valence-electron chi connectivity index (χ3n) is 2.76. The highest BCUT2D eigenvalue weighted by molar-refractivity contribution is 5.35. The minimum Gasteiger partial charge on any atom is -0.494 e. The molecule has 0 radical (unpaired) electrons. The molecule has 0 aliphatic heterocycles. The molecule has 0 aliphatic carbocycles. The predicted molar refractivity (Wildman–Crippen MR) is 63.5 cm³/mol. The molecule has 1 aromatic rings. The number of benzene rings is 1. The Balaban J connectivity index is 3.02. The number of isocyanates is 1. The summed E-state index contributed by atoms with van der Waals surface area (Å²) >= 11 is 0. The van der Waals surface area contributed by atoms with Gasteiger partial charge in [-0.05, 0) is 23.6 Å². The minimum absolute atomic E-state index is 0.0110. The van der Waals surface area contributed by atoms with Crippen molar-refractivity contribution in [2.45, 2.75) is 19.8 Å². The molecule has 0 heterocycles. The van der Waals surface area contributed by atoms with Crippen LogP contribution in [0.1, 0.15) is 25.3 Å². The van der Waals surface area contributed by atoms with Crippen LogP contribution in [0, 0.1) is 11.7 Å². The van der Waals surface area contributed by atoms with Crippen LogP contribution in [0.3, 0.4) is 0 Å². The summed E-state index contributed by atoms with van der Waals surface area (Å²) in [5.74, 6) is 0.0950. The molecule has 4 heteroatoms. The van der Waals surface area contributed by atoms with E-state index >= 15 is 0 Å². The molecule has 0 amide bonds. The molecular formula is C13H16FNO2. The van der Waals surface area contributed by atoms with Gasteiger partial charge in [0.05, 0.1) is 13.7 Å². The van der Waals surface area contributed by atoms with Crippen LogP contribution in [0.15, 0.2) is 23.2 Å². The van der Waals surface area contributed by atoms with Crippen molar-refractivity contribution in [1.82, 2.24) is 0 Å². The second-order valence-electron chi connectivity index (χ2n) is 4.18. The SMILES string of the molecule is COc1ccc(C(CN=C=O)C(C)C)cc1F. The standard InChI is InChI=1S/C13H16FNO2/c1-9(2)11(7-15-8-16)10-4-5-13(17-3)12(14)6-10/h4-6,9,11H,7H2,1-3H3. The molecule has 92 valence electrons. The Kier molecular flexibility index (Phi) is 4.85. The fraction of sp³-hybridized carbons (Fsp3) is 0.462. The lowest BCUT2D eigenvalue weighted by atomic mass is 9.88. The Labute approximate surface area is 100 Å². The first-order chi connectivity index (χ1) is 8.10. The van der Waals surface area contributed by atoms with E-state index in [1.54, 1.807) is 12.1 Å². The Bertz CT molecular complexity index is 425. The highest BCUT2D eigenvalue weighted by atomic mass is 19.1. The van der Waals surface area contributed by atoms with Gasteiger partial charge < -0.3 is 4.74 Å². The minimum atomic E-state index is -0.397. The first-order valence-corrected chi connectivity index (χ1v) is 5.47. The molecule has 0 fully saturated rings. The van der Waals surface area contributed by atoms with E-state index in [0.29, 0.717) is 6.54 Å². The molecule has 3 nitrogen and oxygen atoms in total. The normalized spacial score (nSPS) is 12.1. The van der Waals surface area contributed by atoms with Gasteiger partial charge in [-0.15, -0.1) is 0 Å². The van der Waals surface area contributed by atoms with Gasteiger partial charge in [0.1, 0.15) is 0 Å². The number of hydrogen-bond acceptors (Lipinski definition) is 3. The number of halogens is 1. The van der Waals surface area contributed by atoms with Gasteiger partial charge >= 0.3 is 0 Å². The van der Waals surface area contributed by atoms with Crippen molar-refractivity contribution in [3.05, 3.63) is 29.6 Å². The summed E-state index contributed by atoms with van der Waals surface area (Å²) in [6, 6.07) is 4.82. The largest absolute Gasteiger partial charge is 0.494 e. The Morgan fingerprint density at radius 2 is 2.18 bits per heavy atom. The molecule has 1 atom stereocenters. The second-order valence-corrected chi connectivity index (χ2v) is 4.18. The smallest absolute Gasteiger partial charge is 0.234 e. The third kappa shape index (κ3) is 3.40. The summed E-state index contributed by atoms with van der Waals surface area (Å²) < 4.78 is 18.4. The van der Waals surface area contributed by atoms with Crippen LogP contribution in [0.2, 0.25) is 0 Å². The molecular weight excluding hydrogens is 221 g/mol. The molecule has 17 heavy (non-hydrogen) atoms. The van der Waals surface area contributed by atoms with Crippen molar-refractivity contribution in [2.75, 3.05) is 13.7 Å².